The number of aromatic amines is 1. The minimum atomic E-state index is -0.972. The largest absolute Gasteiger partial charge is 0.384 e. The summed E-state index contributed by atoms with van der Waals surface area (Å²) in [4.78, 5) is 22.0. The predicted molar refractivity (Wildman–Crippen MR) is 112 cm³/mol. The molecule has 1 aromatic carbocycles. The number of hydrogen-bond acceptors (Lipinski definition) is 4. The van der Waals surface area contributed by atoms with Gasteiger partial charge in [0.2, 0.25) is 0 Å². The van der Waals surface area contributed by atoms with Gasteiger partial charge in [-0.2, -0.15) is 0 Å². The van der Waals surface area contributed by atoms with Gasteiger partial charge in [0.05, 0.1) is 0 Å². The van der Waals surface area contributed by atoms with Crippen molar-refractivity contribution < 1.29 is 9.90 Å². The maximum atomic E-state index is 12.4. The van der Waals surface area contributed by atoms with Crippen LogP contribution in [0.25, 0.3) is 22.2 Å². The lowest BCUT2D eigenvalue weighted by Gasteiger charge is -2.19. The van der Waals surface area contributed by atoms with Gasteiger partial charge in [-0.1, -0.05) is 0 Å². The van der Waals surface area contributed by atoms with E-state index in [0.29, 0.717) is 19.1 Å². The Balaban J connectivity index is 1.60. The van der Waals surface area contributed by atoms with Crippen molar-refractivity contribution >= 4 is 16.9 Å². The standard InChI is InChI=1S/C23H26N4O2/c1-13-9-25-22-18(13)8-16(10-26-22)15-6-17-11-27(23(29)14(2)28)12-20(17)19(7-15)21-4-3-5-24-21/h6-10,14,21,24,28H,3-5,11-12H2,1-2H3,(H,25,26)/t14-,21-/m1/s1. The zero-order valence-corrected chi connectivity index (χ0v) is 16.8. The van der Waals surface area contributed by atoms with Crippen LogP contribution < -0.4 is 5.32 Å². The lowest BCUT2D eigenvalue weighted by Crippen LogP contribution is -2.33. The molecule has 0 aliphatic carbocycles. The van der Waals surface area contributed by atoms with Crippen LogP contribution in [0.2, 0.25) is 0 Å². The van der Waals surface area contributed by atoms with Crippen molar-refractivity contribution in [2.45, 2.75) is 51.9 Å². The summed E-state index contributed by atoms with van der Waals surface area (Å²) in [5.74, 6) is -0.209. The van der Waals surface area contributed by atoms with E-state index in [1.54, 1.807) is 4.90 Å². The van der Waals surface area contributed by atoms with Crippen molar-refractivity contribution in [3.8, 4) is 11.1 Å². The van der Waals surface area contributed by atoms with E-state index in [4.69, 9.17) is 0 Å². The van der Waals surface area contributed by atoms with E-state index in [-0.39, 0.29) is 5.91 Å². The van der Waals surface area contributed by atoms with Crippen LogP contribution >= 0.6 is 0 Å². The van der Waals surface area contributed by atoms with Crippen LogP contribution in [-0.2, 0) is 17.9 Å². The van der Waals surface area contributed by atoms with Crippen molar-refractivity contribution in [3.63, 3.8) is 0 Å². The molecule has 29 heavy (non-hydrogen) atoms. The lowest BCUT2D eigenvalue weighted by atomic mass is 9.91. The molecule has 3 aromatic rings. The quantitative estimate of drug-likeness (QED) is 0.642. The van der Waals surface area contributed by atoms with Crippen LogP contribution in [0.1, 0.15) is 48.1 Å². The highest BCUT2D eigenvalue weighted by atomic mass is 16.3. The number of carbonyl (C=O) groups excluding carboxylic acids is 1. The Morgan fingerprint density at radius 1 is 1.28 bits per heavy atom. The van der Waals surface area contributed by atoms with Gasteiger partial charge < -0.3 is 20.3 Å². The third-order valence-corrected chi connectivity index (χ3v) is 6.26. The summed E-state index contributed by atoms with van der Waals surface area (Å²) in [6, 6.07) is 6.96. The topological polar surface area (TPSA) is 81.2 Å². The van der Waals surface area contributed by atoms with Gasteiger partial charge in [-0.15, -0.1) is 0 Å². The predicted octanol–water partition coefficient (Wildman–Crippen LogP) is 3.19. The van der Waals surface area contributed by atoms with Crippen LogP contribution in [-0.4, -0.2) is 38.5 Å². The molecule has 6 nitrogen and oxygen atoms in total. The molecule has 4 heterocycles. The first kappa shape index (κ1) is 18.3. The number of pyridine rings is 1. The number of H-pyrrole nitrogens is 1. The van der Waals surface area contributed by atoms with Crippen LogP contribution in [0.15, 0.2) is 30.6 Å². The highest BCUT2D eigenvalue weighted by Crippen LogP contribution is 2.37. The van der Waals surface area contributed by atoms with E-state index >= 15 is 0 Å². The summed E-state index contributed by atoms with van der Waals surface area (Å²) >= 11 is 0. The molecule has 0 unspecified atom stereocenters. The first-order valence-electron chi connectivity index (χ1n) is 10.3. The number of carbonyl (C=O) groups is 1. The smallest absolute Gasteiger partial charge is 0.251 e. The molecule has 2 aliphatic rings. The Morgan fingerprint density at radius 3 is 2.90 bits per heavy atom. The van der Waals surface area contributed by atoms with E-state index in [1.807, 2.05) is 12.4 Å². The molecule has 1 saturated heterocycles. The molecule has 0 spiro atoms. The Bertz CT molecular complexity index is 1100. The Kier molecular flexibility index (Phi) is 4.41. The lowest BCUT2D eigenvalue weighted by molar-refractivity contribution is -0.139. The van der Waals surface area contributed by atoms with Crippen LogP contribution in [0, 0.1) is 6.92 Å². The Hall–Kier alpha value is -2.70. The second kappa shape index (κ2) is 6.97. The number of aromatic nitrogens is 2. The van der Waals surface area contributed by atoms with Gasteiger partial charge in [-0.3, -0.25) is 4.79 Å². The number of aliphatic hydroxyl groups is 1. The van der Waals surface area contributed by atoms with E-state index < -0.39 is 6.10 Å². The van der Waals surface area contributed by atoms with Gasteiger partial charge in [0, 0.05) is 42.5 Å². The van der Waals surface area contributed by atoms with Crippen molar-refractivity contribution in [2.24, 2.45) is 0 Å². The maximum absolute atomic E-state index is 12.4. The molecular formula is C23H26N4O2. The van der Waals surface area contributed by atoms with Crippen molar-refractivity contribution in [2.75, 3.05) is 6.54 Å². The number of nitrogens with one attached hydrogen (secondary N) is 2. The first-order chi connectivity index (χ1) is 14.0. The fourth-order valence-corrected chi connectivity index (χ4v) is 4.68. The summed E-state index contributed by atoms with van der Waals surface area (Å²) in [5, 5.41) is 14.5. The molecule has 0 saturated carbocycles. The maximum Gasteiger partial charge on any atom is 0.251 e. The summed E-state index contributed by atoms with van der Waals surface area (Å²) in [7, 11) is 0. The SMILES string of the molecule is Cc1c[nH]c2ncc(-c3cc4c(c([C@H]5CCCN5)c3)CN(C(=O)[C@@H](C)O)C4)cc12. The van der Waals surface area contributed by atoms with Gasteiger partial charge >= 0.3 is 0 Å². The second-order valence-corrected chi connectivity index (χ2v) is 8.31. The number of hydrogen-bond donors (Lipinski definition) is 3. The zero-order chi connectivity index (χ0) is 20.1. The zero-order valence-electron chi connectivity index (χ0n) is 16.8. The van der Waals surface area contributed by atoms with Crippen molar-refractivity contribution in [1.82, 2.24) is 20.2 Å². The number of fused-ring (bicyclic) bond motifs is 2. The molecule has 3 N–H and O–H groups in total. The first-order valence-corrected chi connectivity index (χ1v) is 10.3. The highest BCUT2D eigenvalue weighted by Gasteiger charge is 2.31. The Morgan fingerprint density at radius 2 is 2.14 bits per heavy atom. The van der Waals surface area contributed by atoms with Crippen LogP contribution in [0.3, 0.4) is 0 Å². The molecule has 2 aromatic heterocycles. The summed E-state index contributed by atoms with van der Waals surface area (Å²) in [6.45, 7) is 5.76. The molecule has 150 valence electrons. The molecular weight excluding hydrogens is 364 g/mol. The third-order valence-electron chi connectivity index (χ3n) is 6.26. The molecule has 2 atom stereocenters. The number of aryl methyl sites for hydroxylation is 1. The van der Waals surface area contributed by atoms with E-state index in [0.717, 1.165) is 41.5 Å². The van der Waals surface area contributed by atoms with Gasteiger partial charge in [0.15, 0.2) is 0 Å². The number of nitrogens with zero attached hydrogens (tertiary/aromatic N) is 2. The molecule has 6 heteroatoms. The van der Waals surface area contributed by atoms with Crippen LogP contribution in [0.5, 0.6) is 0 Å². The minimum absolute atomic E-state index is 0.209. The number of benzene rings is 1. The summed E-state index contributed by atoms with van der Waals surface area (Å²) in [5.41, 5.74) is 7.99. The molecule has 2 aliphatic heterocycles. The van der Waals surface area contributed by atoms with E-state index in [1.165, 1.54) is 29.2 Å². The number of aliphatic hydroxyl groups excluding tert-OH is 1. The number of amides is 1. The molecule has 1 amide bonds. The van der Waals surface area contributed by atoms with E-state index in [2.05, 4.69) is 40.4 Å². The summed E-state index contributed by atoms with van der Waals surface area (Å²) in [6.07, 6.45) is 5.20. The highest BCUT2D eigenvalue weighted by molar-refractivity contribution is 5.85. The third kappa shape index (κ3) is 3.12. The van der Waals surface area contributed by atoms with E-state index in [9.17, 15) is 9.90 Å². The average Bonchev–Trinajstić information content (AvgIpc) is 3.46. The van der Waals surface area contributed by atoms with Crippen molar-refractivity contribution in [3.05, 3.63) is 52.8 Å². The number of rotatable bonds is 3. The normalized spacial score (nSPS) is 19.7. The summed E-state index contributed by atoms with van der Waals surface area (Å²) < 4.78 is 0. The minimum Gasteiger partial charge on any atom is -0.384 e. The second-order valence-electron chi connectivity index (χ2n) is 8.31. The fourth-order valence-electron chi connectivity index (χ4n) is 4.68. The van der Waals surface area contributed by atoms with Crippen LogP contribution in [0.4, 0.5) is 0 Å². The molecule has 5 rings (SSSR count). The molecule has 0 radical (unpaired) electrons. The van der Waals surface area contributed by atoms with Gasteiger partial charge in [0.1, 0.15) is 11.8 Å². The fraction of sp³-hybridized carbons (Fsp3) is 0.391. The van der Waals surface area contributed by atoms with Crippen molar-refractivity contribution in [1.29, 1.82) is 0 Å². The van der Waals surface area contributed by atoms with Gasteiger partial charge in [-0.25, -0.2) is 4.98 Å². The molecule has 0 bridgehead atoms. The average molecular weight is 390 g/mol. The van der Waals surface area contributed by atoms with Gasteiger partial charge in [-0.05, 0) is 79.3 Å². The molecule has 1 fully saturated rings. The van der Waals surface area contributed by atoms with Gasteiger partial charge in [0.25, 0.3) is 5.91 Å². The monoisotopic (exact) mass is 390 g/mol. The Labute approximate surface area is 170 Å².